The first-order chi connectivity index (χ1) is 9.40. The van der Waals surface area contributed by atoms with E-state index in [1.807, 2.05) is 0 Å². The summed E-state index contributed by atoms with van der Waals surface area (Å²) in [5, 5.41) is 8.82. The fourth-order valence-electron chi connectivity index (χ4n) is 1.58. The molecule has 110 valence electrons. The molecule has 0 spiro atoms. The molecular formula is C14H19NO5. The second kappa shape index (κ2) is 7.49. The molecule has 20 heavy (non-hydrogen) atoms. The first-order valence-electron chi connectivity index (χ1n) is 6.28. The van der Waals surface area contributed by atoms with Crippen LogP contribution in [0.25, 0.3) is 0 Å². The molecule has 0 amide bonds. The van der Waals surface area contributed by atoms with E-state index in [0.717, 1.165) is 5.56 Å². The Labute approximate surface area is 117 Å². The highest BCUT2D eigenvalue weighted by Crippen LogP contribution is 2.13. The zero-order valence-corrected chi connectivity index (χ0v) is 11.5. The van der Waals surface area contributed by atoms with Crippen LogP contribution in [-0.2, 0) is 27.3 Å². The lowest BCUT2D eigenvalue weighted by molar-refractivity contribution is -0.138. The minimum absolute atomic E-state index is 0.0219. The summed E-state index contributed by atoms with van der Waals surface area (Å²) >= 11 is 0. The third kappa shape index (κ3) is 5.27. The van der Waals surface area contributed by atoms with Crippen LogP contribution in [0.2, 0.25) is 0 Å². The summed E-state index contributed by atoms with van der Waals surface area (Å²) < 4.78 is 9.82. The van der Waals surface area contributed by atoms with E-state index in [0.29, 0.717) is 5.56 Å². The van der Waals surface area contributed by atoms with Gasteiger partial charge in [0.05, 0.1) is 6.10 Å². The Balaban J connectivity index is 2.66. The van der Waals surface area contributed by atoms with Crippen molar-refractivity contribution in [3.05, 3.63) is 35.4 Å². The lowest BCUT2D eigenvalue weighted by Gasteiger charge is -2.13. The molecular weight excluding hydrogens is 262 g/mol. The minimum Gasteiger partial charge on any atom is -0.480 e. The molecule has 0 aliphatic carbocycles. The van der Waals surface area contributed by atoms with Crippen molar-refractivity contribution < 1.29 is 24.2 Å². The molecule has 0 aliphatic rings. The van der Waals surface area contributed by atoms with Gasteiger partial charge in [-0.1, -0.05) is 24.3 Å². The maximum Gasteiger partial charge on any atom is 0.508 e. The van der Waals surface area contributed by atoms with Crippen molar-refractivity contribution in [3.8, 4) is 0 Å². The Morgan fingerprint density at radius 2 is 1.85 bits per heavy atom. The normalized spacial score (nSPS) is 12.0. The van der Waals surface area contributed by atoms with E-state index in [-0.39, 0.29) is 19.1 Å². The fourth-order valence-corrected chi connectivity index (χ4v) is 1.58. The van der Waals surface area contributed by atoms with Crippen LogP contribution >= 0.6 is 0 Å². The molecule has 0 saturated heterocycles. The summed E-state index contributed by atoms with van der Waals surface area (Å²) in [4.78, 5) is 22.1. The van der Waals surface area contributed by atoms with Crippen LogP contribution in [0.4, 0.5) is 4.79 Å². The van der Waals surface area contributed by atoms with Gasteiger partial charge in [0.15, 0.2) is 0 Å². The van der Waals surface area contributed by atoms with Crippen LogP contribution < -0.4 is 5.73 Å². The number of benzene rings is 1. The van der Waals surface area contributed by atoms with Crippen LogP contribution in [0.5, 0.6) is 0 Å². The minimum atomic E-state index is -1.07. The van der Waals surface area contributed by atoms with Crippen LogP contribution in [-0.4, -0.2) is 29.4 Å². The number of aliphatic carboxylic acids is 1. The maximum absolute atomic E-state index is 11.3. The topological polar surface area (TPSA) is 98.9 Å². The third-order valence-corrected chi connectivity index (χ3v) is 2.55. The first kappa shape index (κ1) is 16.0. The van der Waals surface area contributed by atoms with E-state index in [1.165, 1.54) is 0 Å². The quantitative estimate of drug-likeness (QED) is 0.770. The Kier molecular flexibility index (Phi) is 5.99. The second-order valence-corrected chi connectivity index (χ2v) is 4.62. The van der Waals surface area contributed by atoms with Gasteiger partial charge >= 0.3 is 12.1 Å². The van der Waals surface area contributed by atoms with Gasteiger partial charge in [-0.2, -0.15) is 0 Å². The lowest BCUT2D eigenvalue weighted by Crippen LogP contribution is -2.32. The third-order valence-electron chi connectivity index (χ3n) is 2.55. The molecule has 6 nitrogen and oxygen atoms in total. The molecule has 0 radical (unpaired) electrons. The van der Waals surface area contributed by atoms with E-state index in [1.54, 1.807) is 38.1 Å². The summed E-state index contributed by atoms with van der Waals surface area (Å²) in [6, 6.07) is 6.09. The van der Waals surface area contributed by atoms with Gasteiger partial charge in [-0.05, 0) is 31.4 Å². The second-order valence-electron chi connectivity index (χ2n) is 4.62. The largest absolute Gasteiger partial charge is 0.508 e. The van der Waals surface area contributed by atoms with E-state index in [2.05, 4.69) is 0 Å². The smallest absolute Gasteiger partial charge is 0.480 e. The van der Waals surface area contributed by atoms with Gasteiger partial charge in [0.2, 0.25) is 0 Å². The molecule has 1 rings (SSSR count). The van der Waals surface area contributed by atoms with Crippen molar-refractivity contribution >= 4 is 12.1 Å². The number of carbonyl (C=O) groups excluding carboxylic acids is 1. The summed E-state index contributed by atoms with van der Waals surface area (Å²) in [5.41, 5.74) is 6.96. The fraction of sp³-hybridized carbons (Fsp3) is 0.429. The summed E-state index contributed by atoms with van der Waals surface area (Å²) in [6.07, 6.45) is -0.829. The zero-order chi connectivity index (χ0) is 15.1. The summed E-state index contributed by atoms with van der Waals surface area (Å²) in [6.45, 7) is 3.47. The number of hydrogen-bond acceptors (Lipinski definition) is 5. The number of nitrogens with two attached hydrogens (primary N) is 1. The number of hydrogen-bond donors (Lipinski definition) is 2. The van der Waals surface area contributed by atoms with E-state index in [4.69, 9.17) is 20.3 Å². The summed E-state index contributed by atoms with van der Waals surface area (Å²) in [7, 11) is 0. The van der Waals surface area contributed by atoms with Crippen LogP contribution in [0.1, 0.15) is 25.0 Å². The molecule has 1 aromatic carbocycles. The van der Waals surface area contributed by atoms with Gasteiger partial charge in [0.1, 0.15) is 12.6 Å². The summed E-state index contributed by atoms with van der Waals surface area (Å²) in [5.74, 6) is -1.07. The Bertz CT molecular complexity index is 472. The molecule has 3 N–H and O–H groups in total. The van der Waals surface area contributed by atoms with Gasteiger partial charge in [-0.15, -0.1) is 0 Å². The average Bonchev–Trinajstić information content (AvgIpc) is 2.36. The predicted octanol–water partition coefficient (Wildman–Crippen LogP) is 1.70. The molecule has 6 heteroatoms. The molecule has 0 saturated carbocycles. The molecule has 0 aliphatic heterocycles. The first-order valence-corrected chi connectivity index (χ1v) is 6.28. The van der Waals surface area contributed by atoms with Gasteiger partial charge < -0.3 is 20.3 Å². The van der Waals surface area contributed by atoms with Crippen LogP contribution in [0, 0.1) is 0 Å². The Morgan fingerprint density at radius 1 is 1.25 bits per heavy atom. The van der Waals surface area contributed by atoms with Crippen molar-refractivity contribution in [2.75, 3.05) is 0 Å². The number of rotatable bonds is 6. The number of carboxylic acids is 1. The molecule has 0 heterocycles. The van der Waals surface area contributed by atoms with E-state index >= 15 is 0 Å². The highest BCUT2D eigenvalue weighted by molar-refractivity contribution is 5.73. The molecule has 1 aromatic rings. The van der Waals surface area contributed by atoms with Crippen molar-refractivity contribution in [3.63, 3.8) is 0 Å². The Morgan fingerprint density at radius 3 is 2.40 bits per heavy atom. The highest BCUT2D eigenvalue weighted by Gasteiger charge is 2.15. The van der Waals surface area contributed by atoms with Gasteiger partial charge in [0, 0.05) is 0 Å². The number of carbonyl (C=O) groups is 2. The van der Waals surface area contributed by atoms with Gasteiger partial charge in [-0.25, -0.2) is 4.79 Å². The van der Waals surface area contributed by atoms with Gasteiger partial charge in [0.25, 0.3) is 0 Å². The molecule has 0 fully saturated rings. The monoisotopic (exact) mass is 281 g/mol. The number of carboxylic acid groups (broad SMARTS) is 1. The van der Waals surface area contributed by atoms with Gasteiger partial charge in [-0.3, -0.25) is 4.79 Å². The van der Waals surface area contributed by atoms with Crippen LogP contribution in [0.3, 0.4) is 0 Å². The van der Waals surface area contributed by atoms with Crippen molar-refractivity contribution in [1.29, 1.82) is 0 Å². The highest BCUT2D eigenvalue weighted by atomic mass is 16.7. The van der Waals surface area contributed by atoms with Crippen molar-refractivity contribution in [1.82, 2.24) is 0 Å². The predicted molar refractivity (Wildman–Crippen MR) is 72.2 cm³/mol. The SMILES string of the molecule is CC(C)OC(=O)OCc1ccccc1CC(N)C(=O)O. The van der Waals surface area contributed by atoms with E-state index < -0.39 is 18.2 Å². The van der Waals surface area contributed by atoms with Crippen LogP contribution in [0.15, 0.2) is 24.3 Å². The Hall–Kier alpha value is -2.08. The van der Waals surface area contributed by atoms with E-state index in [9.17, 15) is 9.59 Å². The lowest BCUT2D eigenvalue weighted by atomic mass is 10.0. The molecule has 0 bridgehead atoms. The van der Waals surface area contributed by atoms with Crippen molar-refractivity contribution in [2.45, 2.75) is 39.0 Å². The zero-order valence-electron chi connectivity index (χ0n) is 11.5. The standard InChI is InChI=1S/C14H19NO5/c1-9(2)20-14(18)19-8-11-6-4-3-5-10(11)7-12(15)13(16)17/h3-6,9,12H,7-8,15H2,1-2H3,(H,16,17). The molecule has 0 aromatic heterocycles. The molecule has 1 atom stereocenters. The maximum atomic E-state index is 11.3. The average molecular weight is 281 g/mol. The van der Waals surface area contributed by atoms with Crippen molar-refractivity contribution in [2.24, 2.45) is 5.73 Å². The number of ether oxygens (including phenoxy) is 2. The molecule has 1 unspecified atom stereocenters.